The van der Waals surface area contributed by atoms with Gasteiger partial charge in [0.15, 0.2) is 0 Å². The fourth-order valence-electron chi connectivity index (χ4n) is 2.42. The number of carbonyl (C=O) groups is 2. The van der Waals surface area contributed by atoms with Crippen molar-refractivity contribution in [2.24, 2.45) is 5.92 Å². The summed E-state index contributed by atoms with van der Waals surface area (Å²) in [5.41, 5.74) is 1.69. The normalized spacial score (nSPS) is 10.4. The van der Waals surface area contributed by atoms with E-state index in [1.54, 1.807) is 30.3 Å². The van der Waals surface area contributed by atoms with Gasteiger partial charge in [-0.2, -0.15) is 0 Å². The Morgan fingerprint density at radius 2 is 1.78 bits per heavy atom. The lowest BCUT2D eigenvalue weighted by molar-refractivity contribution is 0.0949. The van der Waals surface area contributed by atoms with Crippen LogP contribution in [0.2, 0.25) is 0 Å². The molecule has 0 unspecified atom stereocenters. The van der Waals surface area contributed by atoms with Gasteiger partial charge in [0.2, 0.25) is 0 Å². The van der Waals surface area contributed by atoms with Crippen LogP contribution in [-0.2, 0) is 0 Å². The monoisotopic (exact) mass is 372 g/mol. The number of hydrogen-bond acceptors (Lipinski definition) is 3. The molecular weight excluding hydrogens is 347 g/mol. The number of rotatable bonds is 6. The summed E-state index contributed by atoms with van der Waals surface area (Å²) < 4.78 is 13.6. The van der Waals surface area contributed by atoms with Crippen molar-refractivity contribution in [3.63, 3.8) is 0 Å². The Balaban J connectivity index is 2.17. The Bertz CT molecular complexity index is 821. The lowest BCUT2D eigenvalue weighted by Gasteiger charge is -2.19. The maximum Gasteiger partial charge on any atom is 0.323 e. The Labute approximate surface area is 158 Å². The van der Waals surface area contributed by atoms with Gasteiger partial charge in [-0.1, -0.05) is 26.0 Å². The summed E-state index contributed by atoms with van der Waals surface area (Å²) in [7, 11) is 3.68. The number of nitrogens with zero attached hydrogens (tertiary/aromatic N) is 1. The van der Waals surface area contributed by atoms with Crippen LogP contribution in [0.1, 0.15) is 24.2 Å². The number of carbonyl (C=O) groups excluding carboxylic acids is 2. The third-order valence-corrected chi connectivity index (χ3v) is 3.77. The van der Waals surface area contributed by atoms with E-state index in [4.69, 9.17) is 0 Å². The van der Waals surface area contributed by atoms with Crippen LogP contribution in [0.3, 0.4) is 0 Å². The van der Waals surface area contributed by atoms with Crippen LogP contribution in [0.15, 0.2) is 42.5 Å². The van der Waals surface area contributed by atoms with Crippen molar-refractivity contribution in [2.75, 3.05) is 36.2 Å². The summed E-state index contributed by atoms with van der Waals surface area (Å²) in [4.78, 5) is 26.5. The number of hydrogen-bond donors (Lipinski definition) is 3. The quantitative estimate of drug-likeness (QED) is 0.719. The van der Waals surface area contributed by atoms with Gasteiger partial charge in [0.1, 0.15) is 5.82 Å². The van der Waals surface area contributed by atoms with Crippen molar-refractivity contribution < 1.29 is 14.0 Å². The molecule has 144 valence electrons. The van der Waals surface area contributed by atoms with Gasteiger partial charge in [0.05, 0.1) is 11.3 Å². The van der Waals surface area contributed by atoms with Crippen molar-refractivity contribution in [2.45, 2.75) is 13.8 Å². The Morgan fingerprint density at radius 1 is 1.07 bits per heavy atom. The first-order valence-electron chi connectivity index (χ1n) is 8.70. The molecule has 7 heteroatoms. The highest BCUT2D eigenvalue weighted by atomic mass is 19.1. The number of halogens is 1. The smallest absolute Gasteiger partial charge is 0.323 e. The highest BCUT2D eigenvalue weighted by Gasteiger charge is 2.15. The largest absolute Gasteiger partial charge is 0.377 e. The highest BCUT2D eigenvalue weighted by molar-refractivity contribution is 6.04. The molecule has 0 aliphatic carbocycles. The molecule has 0 saturated heterocycles. The fourth-order valence-corrected chi connectivity index (χ4v) is 2.42. The van der Waals surface area contributed by atoms with Gasteiger partial charge in [0.25, 0.3) is 5.91 Å². The number of nitrogens with one attached hydrogen (secondary N) is 3. The van der Waals surface area contributed by atoms with E-state index in [-0.39, 0.29) is 11.6 Å². The van der Waals surface area contributed by atoms with Crippen LogP contribution < -0.4 is 20.9 Å². The zero-order chi connectivity index (χ0) is 20.0. The first-order valence-corrected chi connectivity index (χ1v) is 8.70. The second kappa shape index (κ2) is 9.02. The molecule has 27 heavy (non-hydrogen) atoms. The Morgan fingerprint density at radius 3 is 2.41 bits per heavy atom. The van der Waals surface area contributed by atoms with Crippen molar-refractivity contribution >= 4 is 29.0 Å². The van der Waals surface area contributed by atoms with E-state index in [1.165, 1.54) is 12.1 Å². The molecule has 2 rings (SSSR count). The molecule has 0 saturated carbocycles. The minimum Gasteiger partial charge on any atom is -0.377 e. The summed E-state index contributed by atoms with van der Waals surface area (Å²) in [5, 5.41) is 7.96. The number of urea groups is 1. The fraction of sp³-hybridized carbons (Fsp3) is 0.300. The van der Waals surface area contributed by atoms with E-state index in [2.05, 4.69) is 16.0 Å². The van der Waals surface area contributed by atoms with Gasteiger partial charge in [-0.05, 0) is 36.2 Å². The van der Waals surface area contributed by atoms with Gasteiger partial charge in [-0.25, -0.2) is 9.18 Å². The van der Waals surface area contributed by atoms with Crippen LogP contribution in [-0.4, -0.2) is 32.6 Å². The second-order valence-electron chi connectivity index (χ2n) is 6.79. The van der Waals surface area contributed by atoms with Crippen molar-refractivity contribution in [3.8, 4) is 0 Å². The molecule has 3 N–H and O–H groups in total. The van der Waals surface area contributed by atoms with Gasteiger partial charge >= 0.3 is 6.03 Å². The summed E-state index contributed by atoms with van der Waals surface area (Å²) in [6, 6.07) is 10.4. The molecule has 0 fully saturated rings. The van der Waals surface area contributed by atoms with Crippen LogP contribution in [0.5, 0.6) is 0 Å². The predicted octanol–water partition coefficient (Wildman–Crippen LogP) is 3.92. The summed E-state index contributed by atoms with van der Waals surface area (Å²) in [6.07, 6.45) is 0. The molecule has 0 aliphatic heterocycles. The van der Waals surface area contributed by atoms with E-state index in [1.807, 2.05) is 32.8 Å². The summed E-state index contributed by atoms with van der Waals surface area (Å²) in [5.74, 6) is -0.417. The maximum absolute atomic E-state index is 13.6. The molecule has 6 nitrogen and oxygen atoms in total. The summed E-state index contributed by atoms with van der Waals surface area (Å²) >= 11 is 0. The van der Waals surface area contributed by atoms with Gasteiger partial charge in [0, 0.05) is 32.0 Å². The van der Waals surface area contributed by atoms with Crippen LogP contribution >= 0.6 is 0 Å². The minimum atomic E-state index is -0.591. The average Bonchev–Trinajstić information content (AvgIpc) is 2.61. The standard InChI is InChI=1S/C20H25FN4O2/c1-13(2)12-22-19(26)15-11-14(9-10-18(15)25(3)4)23-20(27)24-17-8-6-5-7-16(17)21/h5-11,13H,12H2,1-4H3,(H,22,26)(H2,23,24,27). The lowest BCUT2D eigenvalue weighted by Crippen LogP contribution is -2.29. The predicted molar refractivity (Wildman–Crippen MR) is 107 cm³/mol. The SMILES string of the molecule is CC(C)CNC(=O)c1cc(NC(=O)Nc2ccccc2F)ccc1N(C)C. The molecule has 2 aromatic carbocycles. The molecule has 0 radical (unpaired) electrons. The number of para-hydroxylation sites is 1. The number of amides is 3. The van der Waals surface area contributed by atoms with E-state index in [0.29, 0.717) is 23.7 Å². The van der Waals surface area contributed by atoms with Gasteiger partial charge in [-0.15, -0.1) is 0 Å². The van der Waals surface area contributed by atoms with Crippen LogP contribution in [0, 0.1) is 11.7 Å². The zero-order valence-electron chi connectivity index (χ0n) is 16.0. The molecule has 0 atom stereocenters. The minimum absolute atomic E-state index is 0.0785. The van der Waals surface area contributed by atoms with Gasteiger partial charge < -0.3 is 20.9 Å². The third kappa shape index (κ3) is 5.70. The molecule has 0 bridgehead atoms. The number of benzene rings is 2. The third-order valence-electron chi connectivity index (χ3n) is 3.77. The Kier molecular flexibility index (Phi) is 6.76. The van der Waals surface area contributed by atoms with Crippen molar-refractivity contribution in [1.82, 2.24) is 5.32 Å². The van der Waals surface area contributed by atoms with Crippen molar-refractivity contribution in [3.05, 3.63) is 53.8 Å². The second-order valence-corrected chi connectivity index (χ2v) is 6.79. The topological polar surface area (TPSA) is 73.5 Å². The molecule has 3 amide bonds. The molecule has 0 spiro atoms. The zero-order valence-corrected chi connectivity index (χ0v) is 16.0. The van der Waals surface area contributed by atoms with E-state index >= 15 is 0 Å². The molecule has 0 aromatic heterocycles. The number of anilines is 3. The van der Waals surface area contributed by atoms with E-state index in [9.17, 15) is 14.0 Å². The van der Waals surface area contributed by atoms with E-state index < -0.39 is 11.8 Å². The van der Waals surface area contributed by atoms with Crippen molar-refractivity contribution in [1.29, 1.82) is 0 Å². The average molecular weight is 372 g/mol. The Hall–Kier alpha value is -3.09. The van der Waals surface area contributed by atoms with Crippen LogP contribution in [0.4, 0.5) is 26.2 Å². The summed E-state index contributed by atoms with van der Waals surface area (Å²) in [6.45, 7) is 4.58. The highest BCUT2D eigenvalue weighted by Crippen LogP contribution is 2.23. The molecular formula is C20H25FN4O2. The molecule has 2 aromatic rings. The maximum atomic E-state index is 13.6. The molecule has 0 heterocycles. The molecule has 0 aliphatic rings. The van der Waals surface area contributed by atoms with E-state index in [0.717, 1.165) is 5.69 Å². The van der Waals surface area contributed by atoms with Crippen LogP contribution in [0.25, 0.3) is 0 Å². The first-order chi connectivity index (χ1) is 12.8. The first kappa shape index (κ1) is 20.2. The van der Waals surface area contributed by atoms with Gasteiger partial charge in [-0.3, -0.25) is 4.79 Å². The lowest BCUT2D eigenvalue weighted by atomic mass is 10.1.